The van der Waals surface area contributed by atoms with Crippen LogP contribution >= 0.6 is 11.3 Å². The van der Waals surface area contributed by atoms with Crippen LogP contribution in [0.1, 0.15) is 17.1 Å². The SMILES string of the molecule is Cc1nc(CCNC(=O)CCOc2ccccc2)cs1. The van der Waals surface area contributed by atoms with E-state index in [2.05, 4.69) is 10.3 Å². The molecule has 0 unspecified atom stereocenters. The van der Waals surface area contributed by atoms with Gasteiger partial charge in [-0.1, -0.05) is 18.2 Å². The van der Waals surface area contributed by atoms with Crippen molar-refractivity contribution in [1.29, 1.82) is 0 Å². The maximum Gasteiger partial charge on any atom is 0.223 e. The average Bonchev–Trinajstić information content (AvgIpc) is 2.86. The molecule has 0 atom stereocenters. The Morgan fingerprint density at radius 3 is 2.85 bits per heavy atom. The minimum Gasteiger partial charge on any atom is -0.493 e. The second kappa shape index (κ2) is 7.65. The van der Waals surface area contributed by atoms with Crippen molar-refractivity contribution in [1.82, 2.24) is 10.3 Å². The highest BCUT2D eigenvalue weighted by atomic mass is 32.1. The topological polar surface area (TPSA) is 51.2 Å². The molecule has 0 fully saturated rings. The van der Waals surface area contributed by atoms with Gasteiger partial charge in [-0.25, -0.2) is 4.98 Å². The van der Waals surface area contributed by atoms with E-state index in [1.807, 2.05) is 42.6 Å². The third kappa shape index (κ3) is 5.01. The normalized spacial score (nSPS) is 10.2. The van der Waals surface area contributed by atoms with Gasteiger partial charge in [0.15, 0.2) is 0 Å². The summed E-state index contributed by atoms with van der Waals surface area (Å²) in [5, 5.41) is 5.96. The Morgan fingerprint density at radius 1 is 1.35 bits per heavy atom. The number of nitrogens with zero attached hydrogens (tertiary/aromatic N) is 1. The van der Waals surface area contributed by atoms with E-state index in [0.29, 0.717) is 19.6 Å². The highest BCUT2D eigenvalue weighted by molar-refractivity contribution is 7.09. The number of aromatic nitrogens is 1. The number of amides is 1. The van der Waals surface area contributed by atoms with Crippen LogP contribution in [0.25, 0.3) is 0 Å². The molecule has 2 aromatic rings. The first-order chi connectivity index (χ1) is 9.74. The molecule has 0 radical (unpaired) electrons. The zero-order valence-electron chi connectivity index (χ0n) is 11.5. The van der Waals surface area contributed by atoms with Gasteiger partial charge in [0.25, 0.3) is 0 Å². The van der Waals surface area contributed by atoms with Crippen molar-refractivity contribution in [3.05, 3.63) is 46.4 Å². The fourth-order valence-electron chi connectivity index (χ4n) is 1.72. The van der Waals surface area contributed by atoms with E-state index in [1.54, 1.807) is 11.3 Å². The number of hydrogen-bond acceptors (Lipinski definition) is 4. The molecule has 1 N–H and O–H groups in total. The molecule has 1 amide bonds. The molecule has 1 aromatic carbocycles. The van der Waals surface area contributed by atoms with Gasteiger partial charge in [-0.3, -0.25) is 4.79 Å². The lowest BCUT2D eigenvalue weighted by Gasteiger charge is -2.06. The summed E-state index contributed by atoms with van der Waals surface area (Å²) in [7, 11) is 0. The van der Waals surface area contributed by atoms with Crippen molar-refractivity contribution in [3.8, 4) is 5.75 Å². The van der Waals surface area contributed by atoms with Gasteiger partial charge in [0.05, 0.1) is 23.7 Å². The lowest BCUT2D eigenvalue weighted by atomic mass is 10.3. The maximum absolute atomic E-state index is 11.6. The van der Waals surface area contributed by atoms with Gasteiger partial charge in [-0.2, -0.15) is 0 Å². The predicted molar refractivity (Wildman–Crippen MR) is 80.1 cm³/mol. The van der Waals surface area contributed by atoms with Crippen LogP contribution in [0.3, 0.4) is 0 Å². The largest absolute Gasteiger partial charge is 0.493 e. The van der Waals surface area contributed by atoms with Crippen LogP contribution in [-0.2, 0) is 11.2 Å². The van der Waals surface area contributed by atoms with Gasteiger partial charge >= 0.3 is 0 Å². The molecule has 20 heavy (non-hydrogen) atoms. The molecule has 0 bridgehead atoms. The Balaban J connectivity index is 1.59. The lowest BCUT2D eigenvalue weighted by Crippen LogP contribution is -2.27. The molecule has 4 nitrogen and oxygen atoms in total. The number of ether oxygens (including phenoxy) is 1. The van der Waals surface area contributed by atoms with Gasteiger partial charge < -0.3 is 10.1 Å². The van der Waals surface area contributed by atoms with Crippen LogP contribution in [0.5, 0.6) is 5.75 Å². The molecule has 1 heterocycles. The van der Waals surface area contributed by atoms with E-state index in [1.165, 1.54) is 0 Å². The first-order valence-electron chi connectivity index (χ1n) is 6.59. The molecule has 106 valence electrons. The van der Waals surface area contributed by atoms with Crippen LogP contribution in [-0.4, -0.2) is 24.0 Å². The summed E-state index contributed by atoms with van der Waals surface area (Å²) in [6, 6.07) is 9.50. The molecule has 0 aliphatic carbocycles. The molecule has 0 saturated heterocycles. The molecular formula is C15H18N2O2S. The van der Waals surface area contributed by atoms with Gasteiger partial charge in [0, 0.05) is 18.3 Å². The number of carbonyl (C=O) groups is 1. The number of thiazole rings is 1. The highest BCUT2D eigenvalue weighted by Crippen LogP contribution is 2.09. The molecule has 0 aliphatic heterocycles. The molecule has 0 spiro atoms. The van der Waals surface area contributed by atoms with Crippen LogP contribution in [0, 0.1) is 6.92 Å². The monoisotopic (exact) mass is 290 g/mol. The van der Waals surface area contributed by atoms with Crippen molar-refractivity contribution in [2.45, 2.75) is 19.8 Å². The number of carbonyl (C=O) groups excluding carboxylic acids is 1. The number of aryl methyl sites for hydroxylation is 1. The van der Waals surface area contributed by atoms with Gasteiger partial charge in [-0.05, 0) is 19.1 Å². The Kier molecular flexibility index (Phi) is 5.55. The lowest BCUT2D eigenvalue weighted by molar-refractivity contribution is -0.121. The van der Waals surface area contributed by atoms with Gasteiger partial charge in [-0.15, -0.1) is 11.3 Å². The molecule has 1 aromatic heterocycles. The van der Waals surface area contributed by atoms with E-state index in [4.69, 9.17) is 4.74 Å². The number of benzene rings is 1. The summed E-state index contributed by atoms with van der Waals surface area (Å²) < 4.78 is 5.47. The van der Waals surface area contributed by atoms with Crippen molar-refractivity contribution >= 4 is 17.2 Å². The molecule has 5 heteroatoms. The summed E-state index contributed by atoms with van der Waals surface area (Å²) in [6.45, 7) is 2.99. The molecule has 0 saturated carbocycles. The minimum absolute atomic E-state index is 0.00730. The third-order valence-corrected chi connectivity index (χ3v) is 3.53. The molecule has 0 aliphatic rings. The Hall–Kier alpha value is -1.88. The Morgan fingerprint density at radius 2 is 2.15 bits per heavy atom. The second-order valence-electron chi connectivity index (χ2n) is 4.37. The predicted octanol–water partition coefficient (Wildman–Crippen LogP) is 2.58. The highest BCUT2D eigenvalue weighted by Gasteiger charge is 2.03. The van der Waals surface area contributed by atoms with E-state index in [9.17, 15) is 4.79 Å². The molecular weight excluding hydrogens is 272 g/mol. The summed E-state index contributed by atoms with van der Waals surface area (Å²) >= 11 is 1.63. The van der Waals surface area contributed by atoms with E-state index in [0.717, 1.165) is 22.9 Å². The second-order valence-corrected chi connectivity index (χ2v) is 5.43. The fraction of sp³-hybridized carbons (Fsp3) is 0.333. The van der Waals surface area contributed by atoms with Crippen molar-refractivity contribution in [2.75, 3.05) is 13.2 Å². The van der Waals surface area contributed by atoms with Crippen LogP contribution < -0.4 is 10.1 Å². The zero-order chi connectivity index (χ0) is 14.2. The summed E-state index contributed by atoms with van der Waals surface area (Å²) in [6.07, 6.45) is 1.14. The smallest absolute Gasteiger partial charge is 0.223 e. The van der Waals surface area contributed by atoms with Crippen molar-refractivity contribution in [2.24, 2.45) is 0 Å². The molecule has 2 rings (SSSR count). The van der Waals surface area contributed by atoms with Crippen LogP contribution in [0.2, 0.25) is 0 Å². The van der Waals surface area contributed by atoms with Crippen molar-refractivity contribution < 1.29 is 9.53 Å². The number of nitrogens with one attached hydrogen (secondary N) is 1. The fourth-order valence-corrected chi connectivity index (χ4v) is 2.37. The number of hydrogen-bond donors (Lipinski definition) is 1. The van der Waals surface area contributed by atoms with Crippen LogP contribution in [0.4, 0.5) is 0 Å². The Bertz CT molecular complexity index is 540. The van der Waals surface area contributed by atoms with E-state index < -0.39 is 0 Å². The maximum atomic E-state index is 11.6. The van der Waals surface area contributed by atoms with Crippen molar-refractivity contribution in [3.63, 3.8) is 0 Å². The number of rotatable bonds is 7. The minimum atomic E-state index is 0.00730. The first kappa shape index (κ1) is 14.5. The summed E-state index contributed by atoms with van der Waals surface area (Å²) in [5.74, 6) is 0.797. The van der Waals surface area contributed by atoms with E-state index in [-0.39, 0.29) is 5.91 Å². The quantitative estimate of drug-likeness (QED) is 0.852. The summed E-state index contributed by atoms with van der Waals surface area (Å²) in [5.41, 5.74) is 1.04. The Labute approximate surface area is 122 Å². The average molecular weight is 290 g/mol. The standard InChI is InChI=1S/C15H18N2O2S/c1-12-17-13(11-20-12)7-9-16-15(18)8-10-19-14-5-3-2-4-6-14/h2-6,11H,7-10H2,1H3,(H,16,18). The van der Waals surface area contributed by atoms with Crippen LogP contribution in [0.15, 0.2) is 35.7 Å². The van der Waals surface area contributed by atoms with E-state index >= 15 is 0 Å². The first-order valence-corrected chi connectivity index (χ1v) is 7.47. The zero-order valence-corrected chi connectivity index (χ0v) is 12.3. The number of para-hydroxylation sites is 1. The summed E-state index contributed by atoms with van der Waals surface area (Å²) in [4.78, 5) is 16.0. The van der Waals surface area contributed by atoms with Gasteiger partial charge in [0.2, 0.25) is 5.91 Å². The third-order valence-electron chi connectivity index (χ3n) is 2.71. The van der Waals surface area contributed by atoms with Gasteiger partial charge in [0.1, 0.15) is 5.75 Å².